The van der Waals surface area contributed by atoms with Crippen LogP contribution < -0.4 is 10.2 Å². The molecule has 1 aromatic carbocycles. The molecule has 2 N–H and O–H groups in total. The van der Waals surface area contributed by atoms with E-state index in [2.05, 4.69) is 5.32 Å². The Labute approximate surface area is 113 Å². The first-order chi connectivity index (χ1) is 9.08. The number of nitrogens with one attached hydrogen (secondary N) is 1. The highest BCUT2D eigenvalue weighted by Gasteiger charge is 2.20. The molecule has 8 heteroatoms. The number of hydrogen-bond donors (Lipinski definition) is 2. The van der Waals surface area contributed by atoms with Crippen LogP contribution in [0, 0.1) is 10.1 Å². The van der Waals surface area contributed by atoms with Gasteiger partial charge < -0.3 is 15.3 Å². The topological polar surface area (TPSA) is 95.7 Å². The number of carbonyl (C=O) groups is 1. The summed E-state index contributed by atoms with van der Waals surface area (Å²) >= 11 is 1.58. The van der Waals surface area contributed by atoms with Crippen LogP contribution in [0.1, 0.15) is 0 Å². The third-order valence-electron chi connectivity index (χ3n) is 2.77. The number of anilines is 1. The van der Waals surface area contributed by atoms with Crippen molar-refractivity contribution in [1.29, 1.82) is 0 Å². The van der Waals surface area contributed by atoms with Crippen LogP contribution in [0.5, 0.6) is 0 Å². The van der Waals surface area contributed by atoms with Crippen LogP contribution in [0.25, 0.3) is 0 Å². The summed E-state index contributed by atoms with van der Waals surface area (Å²) in [6.07, 6.45) is -1.05. The lowest BCUT2D eigenvalue weighted by molar-refractivity contribution is -0.385. The van der Waals surface area contributed by atoms with E-state index in [0.29, 0.717) is 13.1 Å². The van der Waals surface area contributed by atoms with Crippen LogP contribution in [0.4, 0.5) is 16.2 Å². The van der Waals surface area contributed by atoms with E-state index in [0.717, 1.165) is 22.9 Å². The molecular formula is C11H13N3O4S. The Morgan fingerprint density at radius 1 is 1.58 bits per heavy atom. The van der Waals surface area contributed by atoms with Gasteiger partial charge in [0.05, 0.1) is 10.6 Å². The van der Waals surface area contributed by atoms with Gasteiger partial charge in [-0.3, -0.25) is 10.1 Å². The molecule has 0 saturated carbocycles. The number of thioether (sulfide) groups is 1. The Kier molecular flexibility index (Phi) is 4.10. The third kappa shape index (κ3) is 3.28. The molecule has 0 saturated heterocycles. The number of carboxylic acid groups (broad SMARTS) is 1. The van der Waals surface area contributed by atoms with E-state index in [9.17, 15) is 14.9 Å². The van der Waals surface area contributed by atoms with Gasteiger partial charge in [-0.1, -0.05) is 0 Å². The maximum Gasteiger partial charge on any atom is 0.404 e. The summed E-state index contributed by atoms with van der Waals surface area (Å²) in [5.74, 6) is 0.835. The molecule has 102 valence electrons. The SMILES string of the molecule is O=C(O)NCCN1CCSc2cc([N+](=O)[O-])ccc21. The van der Waals surface area contributed by atoms with E-state index in [4.69, 9.17) is 5.11 Å². The predicted octanol–water partition coefficient (Wildman–Crippen LogP) is 1.77. The molecule has 1 aliphatic heterocycles. The number of benzene rings is 1. The summed E-state index contributed by atoms with van der Waals surface area (Å²) in [7, 11) is 0. The van der Waals surface area contributed by atoms with Crippen molar-refractivity contribution in [3.8, 4) is 0 Å². The third-order valence-corrected chi connectivity index (χ3v) is 3.80. The minimum absolute atomic E-state index is 0.0803. The van der Waals surface area contributed by atoms with Crippen molar-refractivity contribution < 1.29 is 14.8 Å². The van der Waals surface area contributed by atoms with Gasteiger partial charge in [-0.05, 0) is 6.07 Å². The predicted molar refractivity (Wildman–Crippen MR) is 72.1 cm³/mol. The molecule has 0 unspecified atom stereocenters. The Balaban J connectivity index is 2.11. The van der Waals surface area contributed by atoms with Crippen LogP contribution in [0.3, 0.4) is 0 Å². The van der Waals surface area contributed by atoms with Crippen LogP contribution in [-0.2, 0) is 0 Å². The van der Waals surface area contributed by atoms with Crippen LogP contribution >= 0.6 is 11.8 Å². The Bertz CT molecular complexity index is 509. The number of hydrogen-bond acceptors (Lipinski definition) is 5. The molecular weight excluding hydrogens is 270 g/mol. The molecule has 0 spiro atoms. The second kappa shape index (κ2) is 5.79. The maximum absolute atomic E-state index is 10.7. The highest BCUT2D eigenvalue weighted by molar-refractivity contribution is 7.99. The number of rotatable bonds is 4. The second-order valence-corrected chi connectivity index (χ2v) is 5.11. The standard InChI is InChI=1S/C11H13N3O4S/c15-11(16)12-3-4-13-5-6-19-10-7-8(14(17)18)1-2-9(10)13/h1-2,7,12H,3-6H2,(H,15,16). The van der Waals surface area contributed by atoms with Crippen LogP contribution in [0.15, 0.2) is 23.1 Å². The average Bonchev–Trinajstić information content (AvgIpc) is 2.37. The van der Waals surface area contributed by atoms with Gasteiger partial charge in [0.25, 0.3) is 5.69 Å². The highest BCUT2D eigenvalue weighted by atomic mass is 32.2. The monoisotopic (exact) mass is 283 g/mol. The highest BCUT2D eigenvalue weighted by Crippen LogP contribution is 2.36. The van der Waals surface area contributed by atoms with Gasteiger partial charge in [0.1, 0.15) is 0 Å². The van der Waals surface area contributed by atoms with Crippen LogP contribution in [0.2, 0.25) is 0 Å². The quantitative estimate of drug-likeness (QED) is 0.646. The van der Waals surface area contributed by atoms with Gasteiger partial charge >= 0.3 is 6.09 Å². The van der Waals surface area contributed by atoms with Crippen molar-refractivity contribution in [2.24, 2.45) is 0 Å². The zero-order chi connectivity index (χ0) is 13.8. The normalized spacial score (nSPS) is 13.8. The lowest BCUT2D eigenvalue weighted by atomic mass is 10.2. The van der Waals surface area contributed by atoms with Crippen molar-refractivity contribution in [1.82, 2.24) is 5.32 Å². The molecule has 19 heavy (non-hydrogen) atoms. The maximum atomic E-state index is 10.7. The molecule has 1 aliphatic rings. The first-order valence-electron chi connectivity index (χ1n) is 5.71. The fraction of sp³-hybridized carbons (Fsp3) is 0.364. The summed E-state index contributed by atoms with van der Waals surface area (Å²) in [6, 6.07) is 4.76. The molecule has 0 fully saturated rings. The van der Waals surface area contributed by atoms with E-state index in [1.165, 1.54) is 6.07 Å². The van der Waals surface area contributed by atoms with Gasteiger partial charge in [-0.25, -0.2) is 4.79 Å². The molecule has 0 atom stereocenters. The summed E-state index contributed by atoms with van der Waals surface area (Å²) in [5.41, 5.74) is 1.01. The largest absolute Gasteiger partial charge is 0.465 e. The smallest absolute Gasteiger partial charge is 0.404 e. The Morgan fingerprint density at radius 3 is 3.05 bits per heavy atom. The molecule has 0 bridgehead atoms. The Hall–Kier alpha value is -1.96. The zero-order valence-corrected chi connectivity index (χ0v) is 10.9. The number of nitrogens with zero attached hydrogens (tertiary/aromatic N) is 2. The van der Waals surface area contributed by atoms with E-state index < -0.39 is 11.0 Å². The summed E-state index contributed by atoms with van der Waals surface area (Å²) in [6.45, 7) is 1.69. The lowest BCUT2D eigenvalue weighted by Gasteiger charge is -2.30. The number of fused-ring (bicyclic) bond motifs is 1. The van der Waals surface area contributed by atoms with Crippen LogP contribution in [-0.4, -0.2) is 41.5 Å². The first kappa shape index (κ1) is 13.5. The van der Waals surface area contributed by atoms with E-state index >= 15 is 0 Å². The van der Waals surface area contributed by atoms with E-state index in [-0.39, 0.29) is 5.69 Å². The minimum atomic E-state index is -1.05. The number of non-ortho nitro benzene ring substituents is 1. The Morgan fingerprint density at radius 2 is 2.37 bits per heavy atom. The van der Waals surface area contributed by atoms with Crippen molar-refractivity contribution in [3.63, 3.8) is 0 Å². The van der Waals surface area contributed by atoms with Gasteiger partial charge in [0, 0.05) is 42.4 Å². The lowest BCUT2D eigenvalue weighted by Crippen LogP contribution is -2.37. The first-order valence-corrected chi connectivity index (χ1v) is 6.69. The number of nitro benzene ring substituents is 1. The van der Waals surface area contributed by atoms with Crippen molar-refractivity contribution in [2.75, 3.05) is 30.3 Å². The van der Waals surface area contributed by atoms with Crippen molar-refractivity contribution in [3.05, 3.63) is 28.3 Å². The molecule has 0 aromatic heterocycles. The molecule has 7 nitrogen and oxygen atoms in total. The molecule has 2 rings (SSSR count). The average molecular weight is 283 g/mol. The molecule has 1 amide bonds. The fourth-order valence-corrected chi connectivity index (χ4v) is 2.99. The zero-order valence-electron chi connectivity index (χ0n) is 10.0. The molecule has 0 radical (unpaired) electrons. The van der Waals surface area contributed by atoms with Gasteiger partial charge in [-0.15, -0.1) is 11.8 Å². The van der Waals surface area contributed by atoms with Crippen molar-refractivity contribution >= 4 is 29.2 Å². The van der Waals surface area contributed by atoms with E-state index in [1.807, 2.05) is 4.90 Å². The van der Waals surface area contributed by atoms with Gasteiger partial charge in [0.15, 0.2) is 0 Å². The molecule has 1 heterocycles. The molecule has 1 aromatic rings. The van der Waals surface area contributed by atoms with Gasteiger partial charge in [-0.2, -0.15) is 0 Å². The van der Waals surface area contributed by atoms with E-state index in [1.54, 1.807) is 23.9 Å². The number of nitro groups is 1. The number of amides is 1. The van der Waals surface area contributed by atoms with Gasteiger partial charge in [0.2, 0.25) is 0 Å². The minimum Gasteiger partial charge on any atom is -0.465 e. The summed E-state index contributed by atoms with van der Waals surface area (Å²) < 4.78 is 0. The molecule has 0 aliphatic carbocycles. The van der Waals surface area contributed by atoms with Crippen molar-refractivity contribution in [2.45, 2.75) is 4.90 Å². The summed E-state index contributed by atoms with van der Waals surface area (Å²) in [4.78, 5) is 23.6. The fourth-order valence-electron chi connectivity index (χ4n) is 1.91. The second-order valence-electron chi connectivity index (χ2n) is 3.98. The summed E-state index contributed by atoms with van der Waals surface area (Å²) in [5, 5.41) is 21.6.